The van der Waals surface area contributed by atoms with Crippen molar-refractivity contribution in [2.75, 3.05) is 27.0 Å². The van der Waals surface area contributed by atoms with E-state index >= 15 is 0 Å². The summed E-state index contributed by atoms with van der Waals surface area (Å²) in [6, 6.07) is 7.81. The fourth-order valence-corrected chi connectivity index (χ4v) is 4.26. The Morgan fingerprint density at radius 1 is 1.31 bits per heavy atom. The Morgan fingerprint density at radius 3 is 2.72 bits per heavy atom. The van der Waals surface area contributed by atoms with Crippen LogP contribution in [0.3, 0.4) is 0 Å². The molecule has 1 N–H and O–H groups in total. The third-order valence-electron chi connectivity index (χ3n) is 5.36. The number of hydrogen-bond donors (Lipinski definition) is 1. The van der Waals surface area contributed by atoms with Gasteiger partial charge in [-0.3, -0.25) is 9.89 Å². The molecule has 0 spiro atoms. The summed E-state index contributed by atoms with van der Waals surface area (Å²) < 4.78 is 10.6. The highest BCUT2D eigenvalue weighted by molar-refractivity contribution is 7.99. The maximum Gasteiger partial charge on any atom is 0.234 e. The van der Waals surface area contributed by atoms with Crippen LogP contribution in [0.25, 0.3) is 11.4 Å². The number of thioether (sulfide) groups is 1. The van der Waals surface area contributed by atoms with E-state index < -0.39 is 5.54 Å². The molecule has 29 heavy (non-hydrogen) atoms. The maximum atomic E-state index is 12.7. The molecule has 1 fully saturated rings. The summed E-state index contributed by atoms with van der Waals surface area (Å²) >= 11 is 1.25. The molecule has 0 radical (unpaired) electrons. The molecule has 1 saturated carbocycles. The Balaban J connectivity index is 1.66. The molecule has 3 rings (SSSR count). The summed E-state index contributed by atoms with van der Waals surface area (Å²) in [6.45, 7) is 0. The van der Waals surface area contributed by atoms with Crippen molar-refractivity contribution in [2.45, 2.75) is 42.8 Å². The van der Waals surface area contributed by atoms with Gasteiger partial charge in [-0.05, 0) is 25.0 Å². The van der Waals surface area contributed by atoms with Gasteiger partial charge in [0.05, 0.1) is 31.6 Å². The van der Waals surface area contributed by atoms with E-state index in [4.69, 9.17) is 9.47 Å². The zero-order valence-corrected chi connectivity index (χ0v) is 17.7. The van der Waals surface area contributed by atoms with E-state index in [2.05, 4.69) is 21.3 Å². The molecular weight excluding hydrogens is 390 g/mol. The van der Waals surface area contributed by atoms with Gasteiger partial charge in [-0.1, -0.05) is 31.0 Å². The normalized spacial score (nSPS) is 15.4. The lowest BCUT2D eigenvalue weighted by Gasteiger charge is -2.38. The van der Waals surface area contributed by atoms with Gasteiger partial charge in [0.25, 0.3) is 0 Å². The first kappa shape index (κ1) is 21.0. The minimum absolute atomic E-state index is 0.0909. The van der Waals surface area contributed by atoms with Gasteiger partial charge in [0.15, 0.2) is 5.82 Å². The van der Waals surface area contributed by atoms with Gasteiger partial charge in [0.2, 0.25) is 11.1 Å². The van der Waals surface area contributed by atoms with E-state index in [0.717, 1.165) is 37.7 Å². The molecule has 0 bridgehead atoms. The molecule has 0 saturated heterocycles. The molecule has 0 atom stereocenters. The number of carbonyl (C=O) groups excluding carboxylic acids is 1. The number of methoxy groups -OCH3 is 2. The predicted octanol–water partition coefficient (Wildman–Crippen LogP) is 3.27. The van der Waals surface area contributed by atoms with Gasteiger partial charge in [-0.25, -0.2) is 4.98 Å². The number of aromatic nitrogens is 3. The maximum absolute atomic E-state index is 12.7. The fraction of sp³-hybridized carbons (Fsp3) is 0.500. The quantitative estimate of drug-likeness (QED) is 0.692. The third-order valence-corrected chi connectivity index (χ3v) is 6.19. The largest absolute Gasteiger partial charge is 0.497 e. The molecule has 1 amide bonds. The highest BCUT2D eigenvalue weighted by Crippen LogP contribution is 2.34. The Labute approximate surface area is 174 Å². The zero-order chi connectivity index (χ0) is 20.9. The second-order valence-corrected chi connectivity index (χ2v) is 7.92. The van der Waals surface area contributed by atoms with Crippen LogP contribution in [0.1, 0.15) is 32.1 Å². The van der Waals surface area contributed by atoms with E-state index in [1.807, 2.05) is 12.1 Å². The number of nitriles is 1. The topological polar surface area (TPSA) is 104 Å². The monoisotopic (exact) mass is 415 g/mol. The van der Waals surface area contributed by atoms with Crippen LogP contribution in [0, 0.1) is 11.3 Å². The van der Waals surface area contributed by atoms with Crippen LogP contribution in [-0.4, -0.2) is 58.5 Å². The van der Waals surface area contributed by atoms with Crippen molar-refractivity contribution in [3.8, 4) is 29.0 Å². The number of benzene rings is 1. The van der Waals surface area contributed by atoms with Crippen LogP contribution in [0.4, 0.5) is 0 Å². The molecule has 154 valence electrons. The molecule has 0 aliphatic heterocycles. The van der Waals surface area contributed by atoms with Crippen molar-refractivity contribution in [1.29, 1.82) is 5.26 Å². The van der Waals surface area contributed by atoms with Crippen molar-refractivity contribution in [2.24, 2.45) is 0 Å². The summed E-state index contributed by atoms with van der Waals surface area (Å²) in [4.78, 5) is 18.8. The predicted molar refractivity (Wildman–Crippen MR) is 110 cm³/mol. The van der Waals surface area contributed by atoms with Gasteiger partial charge >= 0.3 is 0 Å². The summed E-state index contributed by atoms with van der Waals surface area (Å²) in [7, 11) is 4.90. The van der Waals surface area contributed by atoms with Crippen LogP contribution in [0.2, 0.25) is 0 Å². The van der Waals surface area contributed by atoms with E-state index in [0.29, 0.717) is 22.5 Å². The van der Waals surface area contributed by atoms with Crippen LogP contribution >= 0.6 is 11.8 Å². The van der Waals surface area contributed by atoms with Gasteiger partial charge in [-0.2, -0.15) is 5.26 Å². The first-order valence-corrected chi connectivity index (χ1v) is 10.5. The Bertz CT molecular complexity index is 902. The number of nitrogens with zero attached hydrogens (tertiary/aromatic N) is 4. The van der Waals surface area contributed by atoms with E-state index in [-0.39, 0.29) is 11.7 Å². The number of hydrogen-bond acceptors (Lipinski definition) is 7. The number of aromatic amines is 1. The zero-order valence-electron chi connectivity index (χ0n) is 16.9. The summed E-state index contributed by atoms with van der Waals surface area (Å²) in [5.74, 6) is 1.93. The smallest absolute Gasteiger partial charge is 0.234 e. The van der Waals surface area contributed by atoms with Crippen molar-refractivity contribution in [1.82, 2.24) is 20.1 Å². The van der Waals surface area contributed by atoms with Crippen molar-refractivity contribution < 1.29 is 14.3 Å². The standard InChI is InChI=1S/C20H25N5O3S/c1-25(20(13-21)9-5-4-6-10-20)17(26)12-29-19-22-18(23-24-19)15-8-7-14(27-2)11-16(15)28-3/h7-8,11H,4-6,9-10,12H2,1-3H3,(H,22,23,24). The van der Waals surface area contributed by atoms with Gasteiger partial charge in [0.1, 0.15) is 17.0 Å². The lowest BCUT2D eigenvalue weighted by Crippen LogP contribution is -2.50. The molecule has 2 aromatic rings. The highest BCUT2D eigenvalue weighted by atomic mass is 32.2. The fourth-order valence-electron chi connectivity index (χ4n) is 3.55. The lowest BCUT2D eigenvalue weighted by atomic mass is 9.81. The second-order valence-electron chi connectivity index (χ2n) is 6.98. The van der Waals surface area contributed by atoms with Crippen LogP contribution < -0.4 is 9.47 Å². The van der Waals surface area contributed by atoms with Crippen molar-refractivity contribution in [3.63, 3.8) is 0 Å². The lowest BCUT2D eigenvalue weighted by molar-refractivity contribution is -0.131. The van der Waals surface area contributed by atoms with Crippen LogP contribution in [0.15, 0.2) is 23.4 Å². The van der Waals surface area contributed by atoms with Gasteiger partial charge < -0.3 is 14.4 Å². The SMILES string of the molecule is COc1ccc(-c2nc(SCC(=O)N(C)C3(C#N)CCCCC3)n[nH]2)c(OC)c1. The highest BCUT2D eigenvalue weighted by Gasteiger charge is 2.38. The first-order chi connectivity index (χ1) is 14.0. The molecule has 1 aliphatic rings. The molecule has 8 nitrogen and oxygen atoms in total. The molecule has 9 heteroatoms. The second kappa shape index (κ2) is 9.18. The van der Waals surface area contributed by atoms with Crippen molar-refractivity contribution >= 4 is 17.7 Å². The molecule has 1 aromatic heterocycles. The summed E-state index contributed by atoms with van der Waals surface area (Å²) in [5, 5.41) is 17.2. The molecule has 1 aromatic carbocycles. The molecule has 1 aliphatic carbocycles. The average Bonchev–Trinajstić information content (AvgIpc) is 3.25. The first-order valence-electron chi connectivity index (χ1n) is 9.48. The average molecular weight is 416 g/mol. The number of ether oxygens (including phenoxy) is 2. The van der Waals surface area contributed by atoms with Gasteiger partial charge in [-0.15, -0.1) is 5.10 Å². The minimum Gasteiger partial charge on any atom is -0.497 e. The van der Waals surface area contributed by atoms with E-state index in [1.54, 1.807) is 32.2 Å². The molecular formula is C20H25N5O3S. The van der Waals surface area contributed by atoms with E-state index in [1.165, 1.54) is 11.8 Å². The molecule has 1 heterocycles. The Hall–Kier alpha value is -2.73. The Morgan fingerprint density at radius 2 is 2.07 bits per heavy atom. The number of rotatable bonds is 7. The Kier molecular flexibility index (Phi) is 6.64. The number of amides is 1. The number of nitrogens with one attached hydrogen (secondary N) is 1. The van der Waals surface area contributed by atoms with Crippen LogP contribution in [-0.2, 0) is 4.79 Å². The number of carbonyl (C=O) groups is 1. The summed E-state index contributed by atoms with van der Waals surface area (Å²) in [6.07, 6.45) is 4.55. The minimum atomic E-state index is -0.684. The van der Waals surface area contributed by atoms with E-state index in [9.17, 15) is 10.1 Å². The number of H-pyrrole nitrogens is 1. The third kappa shape index (κ3) is 4.48. The molecule has 0 unspecified atom stereocenters. The van der Waals surface area contributed by atoms with Crippen LogP contribution in [0.5, 0.6) is 11.5 Å². The summed E-state index contributed by atoms with van der Waals surface area (Å²) in [5.41, 5.74) is 0.0676. The van der Waals surface area contributed by atoms with Gasteiger partial charge in [0, 0.05) is 13.1 Å². The van der Waals surface area contributed by atoms with Crippen molar-refractivity contribution in [3.05, 3.63) is 18.2 Å².